The van der Waals surface area contributed by atoms with Crippen LogP contribution in [0, 0.1) is 11.3 Å². The minimum atomic E-state index is 0.353. The standard InChI is InChI=1S/C23H30N4O/c1-15(27-8-10-28-11-9-27)16-4-5-17-13-20(24-19(17)12-16)22-18-6-7-23(2,3)14-21(18)25-26-22/h4-5,13,16,24H,1,6-12,14H2,2-3H3,(H,25,26). The third kappa shape index (κ3) is 3.12. The highest BCUT2D eigenvalue weighted by Crippen LogP contribution is 2.39. The summed E-state index contributed by atoms with van der Waals surface area (Å²) in [6, 6.07) is 2.26. The Morgan fingerprint density at radius 3 is 2.93 bits per heavy atom. The zero-order valence-electron chi connectivity index (χ0n) is 17.0. The van der Waals surface area contributed by atoms with Crippen molar-refractivity contribution in [3.8, 4) is 11.4 Å². The number of fused-ring (bicyclic) bond motifs is 2. The van der Waals surface area contributed by atoms with Crippen LogP contribution in [0.1, 0.15) is 42.8 Å². The Kier molecular flexibility index (Phi) is 4.23. The highest BCUT2D eigenvalue weighted by atomic mass is 16.5. The van der Waals surface area contributed by atoms with Gasteiger partial charge < -0.3 is 14.6 Å². The number of H-pyrrole nitrogens is 2. The first-order valence-corrected chi connectivity index (χ1v) is 10.5. The molecule has 0 spiro atoms. The van der Waals surface area contributed by atoms with E-state index in [9.17, 15) is 0 Å². The topological polar surface area (TPSA) is 56.9 Å². The van der Waals surface area contributed by atoms with Gasteiger partial charge in [-0.3, -0.25) is 5.10 Å². The first-order valence-electron chi connectivity index (χ1n) is 10.5. The molecule has 5 heteroatoms. The van der Waals surface area contributed by atoms with Crippen LogP contribution in [0.3, 0.4) is 0 Å². The molecule has 28 heavy (non-hydrogen) atoms. The van der Waals surface area contributed by atoms with Gasteiger partial charge in [0, 0.05) is 41.7 Å². The lowest BCUT2D eigenvalue weighted by Crippen LogP contribution is -2.37. The van der Waals surface area contributed by atoms with Crippen LogP contribution in [-0.2, 0) is 24.0 Å². The van der Waals surface area contributed by atoms with Crippen LogP contribution >= 0.6 is 0 Å². The van der Waals surface area contributed by atoms with Gasteiger partial charge in [0.05, 0.1) is 18.9 Å². The van der Waals surface area contributed by atoms with E-state index >= 15 is 0 Å². The van der Waals surface area contributed by atoms with Gasteiger partial charge in [0.1, 0.15) is 5.69 Å². The summed E-state index contributed by atoms with van der Waals surface area (Å²) in [5.41, 5.74) is 9.12. The molecule has 1 saturated heterocycles. The minimum Gasteiger partial charge on any atom is -0.378 e. The van der Waals surface area contributed by atoms with Crippen LogP contribution in [0.5, 0.6) is 0 Å². The zero-order valence-corrected chi connectivity index (χ0v) is 17.0. The number of aromatic amines is 2. The Labute approximate surface area is 166 Å². The Morgan fingerprint density at radius 2 is 2.11 bits per heavy atom. The van der Waals surface area contributed by atoms with Gasteiger partial charge >= 0.3 is 0 Å². The highest BCUT2D eigenvalue weighted by molar-refractivity contribution is 5.68. The molecule has 1 unspecified atom stereocenters. The number of ether oxygens (including phenoxy) is 1. The molecule has 3 aliphatic rings. The first kappa shape index (κ1) is 17.8. The van der Waals surface area contributed by atoms with Crippen LogP contribution in [-0.4, -0.2) is 46.4 Å². The van der Waals surface area contributed by atoms with E-state index in [1.54, 1.807) is 0 Å². The van der Waals surface area contributed by atoms with Crippen molar-refractivity contribution in [2.75, 3.05) is 26.3 Å². The molecule has 0 amide bonds. The maximum atomic E-state index is 5.48. The number of rotatable bonds is 3. The summed E-state index contributed by atoms with van der Waals surface area (Å²) in [5, 5.41) is 7.99. The molecule has 1 aliphatic heterocycles. The molecule has 3 heterocycles. The average molecular weight is 379 g/mol. The number of nitrogens with one attached hydrogen (secondary N) is 2. The van der Waals surface area contributed by atoms with E-state index in [1.807, 2.05) is 0 Å². The lowest BCUT2D eigenvalue weighted by Gasteiger charge is -2.34. The molecule has 0 aromatic carbocycles. The maximum absolute atomic E-state index is 5.48. The number of nitrogens with zero attached hydrogens (tertiary/aromatic N) is 2. The summed E-state index contributed by atoms with van der Waals surface area (Å²) >= 11 is 0. The van der Waals surface area contributed by atoms with Crippen molar-refractivity contribution in [3.63, 3.8) is 0 Å². The smallest absolute Gasteiger partial charge is 0.112 e. The second kappa shape index (κ2) is 6.66. The molecule has 0 bridgehead atoms. The van der Waals surface area contributed by atoms with Crippen molar-refractivity contribution in [1.82, 2.24) is 20.1 Å². The maximum Gasteiger partial charge on any atom is 0.112 e. The van der Waals surface area contributed by atoms with Crippen LogP contribution < -0.4 is 0 Å². The minimum absolute atomic E-state index is 0.353. The van der Waals surface area contributed by atoms with Gasteiger partial charge in [0.25, 0.3) is 0 Å². The molecule has 2 aromatic rings. The van der Waals surface area contributed by atoms with Crippen LogP contribution in [0.4, 0.5) is 0 Å². The van der Waals surface area contributed by atoms with Crippen molar-refractivity contribution in [2.45, 2.75) is 39.5 Å². The van der Waals surface area contributed by atoms with E-state index in [2.05, 4.69) is 58.7 Å². The summed E-state index contributed by atoms with van der Waals surface area (Å²) in [4.78, 5) is 6.05. The third-order valence-electron chi connectivity index (χ3n) is 6.63. The Morgan fingerprint density at radius 1 is 1.29 bits per heavy atom. The third-order valence-corrected chi connectivity index (χ3v) is 6.63. The first-order chi connectivity index (χ1) is 13.5. The molecule has 2 aliphatic carbocycles. The van der Waals surface area contributed by atoms with E-state index in [1.165, 1.54) is 34.6 Å². The van der Waals surface area contributed by atoms with Gasteiger partial charge in [-0.05, 0) is 42.7 Å². The summed E-state index contributed by atoms with van der Waals surface area (Å²) in [7, 11) is 0. The summed E-state index contributed by atoms with van der Waals surface area (Å²) in [6.45, 7) is 12.6. The van der Waals surface area contributed by atoms with E-state index < -0.39 is 0 Å². The highest BCUT2D eigenvalue weighted by Gasteiger charge is 2.30. The number of aromatic nitrogens is 3. The van der Waals surface area contributed by atoms with Crippen molar-refractivity contribution < 1.29 is 4.74 Å². The van der Waals surface area contributed by atoms with E-state index in [0.29, 0.717) is 11.3 Å². The normalized spacial score (nSPS) is 23.4. The fourth-order valence-corrected chi connectivity index (χ4v) is 4.85. The molecule has 5 nitrogen and oxygen atoms in total. The molecular formula is C23H30N4O. The number of hydrogen-bond acceptors (Lipinski definition) is 3. The molecule has 2 N–H and O–H groups in total. The molecular weight excluding hydrogens is 348 g/mol. The SMILES string of the molecule is C=C(C1C=Cc2cc(-c3n[nH]c4c3CCC(C)(C)C4)[nH]c2C1)N1CCOCC1. The van der Waals surface area contributed by atoms with E-state index in [-0.39, 0.29) is 0 Å². The monoisotopic (exact) mass is 378 g/mol. The summed E-state index contributed by atoms with van der Waals surface area (Å²) in [6.07, 6.45) is 8.93. The Balaban J connectivity index is 1.37. The lowest BCUT2D eigenvalue weighted by atomic mass is 9.76. The van der Waals surface area contributed by atoms with Crippen molar-refractivity contribution in [2.24, 2.45) is 11.3 Å². The number of hydrogen-bond donors (Lipinski definition) is 2. The van der Waals surface area contributed by atoms with Gasteiger partial charge in [-0.1, -0.05) is 32.6 Å². The molecule has 0 radical (unpaired) electrons. The van der Waals surface area contributed by atoms with Crippen LogP contribution in [0.2, 0.25) is 0 Å². The molecule has 2 aromatic heterocycles. The Hall–Kier alpha value is -2.27. The molecule has 1 atom stereocenters. The van der Waals surface area contributed by atoms with Crippen molar-refractivity contribution >= 4 is 6.08 Å². The number of allylic oxidation sites excluding steroid dienone is 1. The van der Waals surface area contributed by atoms with Gasteiger partial charge in [0.15, 0.2) is 0 Å². The van der Waals surface area contributed by atoms with Crippen molar-refractivity contribution in [1.29, 1.82) is 0 Å². The molecule has 5 rings (SSSR count). The zero-order chi connectivity index (χ0) is 19.3. The van der Waals surface area contributed by atoms with Crippen LogP contribution in [0.25, 0.3) is 17.5 Å². The molecule has 1 fully saturated rings. The van der Waals surface area contributed by atoms with E-state index in [0.717, 1.165) is 57.0 Å². The number of morpholine rings is 1. The molecule has 148 valence electrons. The second-order valence-corrected chi connectivity index (χ2v) is 9.25. The second-order valence-electron chi connectivity index (χ2n) is 9.25. The Bertz CT molecular complexity index is 927. The van der Waals surface area contributed by atoms with Gasteiger partial charge in [-0.15, -0.1) is 0 Å². The van der Waals surface area contributed by atoms with Crippen molar-refractivity contribution in [3.05, 3.63) is 46.9 Å². The van der Waals surface area contributed by atoms with E-state index in [4.69, 9.17) is 4.74 Å². The predicted octanol–water partition coefficient (Wildman–Crippen LogP) is 3.95. The predicted molar refractivity (Wildman–Crippen MR) is 112 cm³/mol. The fourth-order valence-electron chi connectivity index (χ4n) is 4.85. The average Bonchev–Trinajstić information content (AvgIpc) is 3.29. The van der Waals surface area contributed by atoms with Gasteiger partial charge in [0.2, 0.25) is 0 Å². The molecule has 0 saturated carbocycles. The van der Waals surface area contributed by atoms with Gasteiger partial charge in [-0.25, -0.2) is 0 Å². The fraction of sp³-hybridized carbons (Fsp3) is 0.522. The lowest BCUT2D eigenvalue weighted by molar-refractivity contribution is 0.0501. The largest absolute Gasteiger partial charge is 0.378 e. The summed E-state index contributed by atoms with van der Waals surface area (Å²) < 4.78 is 5.48. The quantitative estimate of drug-likeness (QED) is 0.850. The summed E-state index contributed by atoms with van der Waals surface area (Å²) in [5.74, 6) is 0.353. The van der Waals surface area contributed by atoms with Crippen LogP contribution in [0.15, 0.2) is 24.4 Å². The van der Waals surface area contributed by atoms with Gasteiger partial charge in [-0.2, -0.15) is 5.10 Å².